The molecule has 0 fully saturated rings. The highest BCUT2D eigenvalue weighted by Gasteiger charge is 2.10. The summed E-state index contributed by atoms with van der Waals surface area (Å²) in [6.45, 7) is 5.65. The SMILES string of the molecule is CCC(C(=O)[O-])C(C)C. The van der Waals surface area contributed by atoms with Gasteiger partial charge in [-0.05, 0) is 12.3 Å². The average Bonchev–Trinajstić information content (AvgIpc) is 1.64. The number of carboxylic acid groups (broad SMARTS) is 1. The van der Waals surface area contributed by atoms with Gasteiger partial charge in [0.2, 0.25) is 0 Å². The van der Waals surface area contributed by atoms with Gasteiger partial charge in [-0.15, -0.1) is 0 Å². The molecule has 0 aromatic carbocycles. The van der Waals surface area contributed by atoms with E-state index >= 15 is 0 Å². The van der Waals surface area contributed by atoms with Crippen LogP contribution in [0.15, 0.2) is 0 Å². The topological polar surface area (TPSA) is 40.1 Å². The lowest BCUT2D eigenvalue weighted by Crippen LogP contribution is -2.33. The summed E-state index contributed by atoms with van der Waals surface area (Å²) >= 11 is 0. The Morgan fingerprint density at radius 2 is 2.00 bits per heavy atom. The second-order valence-corrected chi connectivity index (χ2v) is 2.58. The molecule has 0 aromatic rings. The number of carbonyl (C=O) groups excluding carboxylic acids is 1. The molecule has 0 aliphatic rings. The van der Waals surface area contributed by atoms with Gasteiger partial charge in [0.15, 0.2) is 0 Å². The molecule has 0 bridgehead atoms. The van der Waals surface area contributed by atoms with Crippen LogP contribution in [0.25, 0.3) is 0 Å². The van der Waals surface area contributed by atoms with Gasteiger partial charge in [0.25, 0.3) is 0 Å². The minimum absolute atomic E-state index is 0.194. The molecule has 0 saturated heterocycles. The van der Waals surface area contributed by atoms with E-state index in [1.54, 1.807) is 0 Å². The molecule has 2 heteroatoms. The molecule has 0 saturated carbocycles. The molecule has 0 aliphatic carbocycles. The Hall–Kier alpha value is -0.530. The molecule has 0 N–H and O–H groups in total. The van der Waals surface area contributed by atoms with Crippen LogP contribution in [-0.4, -0.2) is 5.97 Å². The third-order valence-corrected chi connectivity index (χ3v) is 1.55. The first-order valence-electron chi connectivity index (χ1n) is 3.30. The van der Waals surface area contributed by atoms with Crippen molar-refractivity contribution in [2.45, 2.75) is 27.2 Å². The van der Waals surface area contributed by atoms with Gasteiger partial charge in [-0.25, -0.2) is 0 Å². The number of carbonyl (C=O) groups is 1. The summed E-state index contributed by atoms with van der Waals surface area (Å²) in [5.41, 5.74) is 0. The minimum Gasteiger partial charge on any atom is -0.550 e. The lowest BCUT2D eigenvalue weighted by molar-refractivity contribution is -0.313. The fourth-order valence-electron chi connectivity index (χ4n) is 0.910. The number of aliphatic carboxylic acids is 1. The van der Waals surface area contributed by atoms with Gasteiger partial charge < -0.3 is 9.90 Å². The van der Waals surface area contributed by atoms with E-state index in [1.807, 2.05) is 20.8 Å². The predicted molar refractivity (Wildman–Crippen MR) is 33.6 cm³/mol. The lowest BCUT2D eigenvalue weighted by Gasteiger charge is -2.19. The van der Waals surface area contributed by atoms with Crippen molar-refractivity contribution in [3.8, 4) is 0 Å². The normalized spacial score (nSPS) is 13.8. The molecule has 54 valence electrons. The maximum atomic E-state index is 10.3. The van der Waals surface area contributed by atoms with Gasteiger partial charge in [0.1, 0.15) is 0 Å². The monoisotopic (exact) mass is 129 g/mol. The van der Waals surface area contributed by atoms with Gasteiger partial charge in [0, 0.05) is 11.9 Å². The molecule has 0 rings (SSSR count). The molecule has 0 aromatic heterocycles. The maximum absolute atomic E-state index is 10.3. The van der Waals surface area contributed by atoms with E-state index in [9.17, 15) is 9.90 Å². The van der Waals surface area contributed by atoms with Gasteiger partial charge in [-0.2, -0.15) is 0 Å². The molecule has 2 nitrogen and oxygen atoms in total. The lowest BCUT2D eigenvalue weighted by atomic mass is 9.94. The molecule has 0 aliphatic heterocycles. The molecular weight excluding hydrogens is 116 g/mol. The van der Waals surface area contributed by atoms with Crippen molar-refractivity contribution < 1.29 is 9.90 Å². The van der Waals surface area contributed by atoms with Gasteiger partial charge in [-0.1, -0.05) is 20.8 Å². The van der Waals surface area contributed by atoms with Crippen LogP contribution in [0.4, 0.5) is 0 Å². The van der Waals surface area contributed by atoms with Gasteiger partial charge in [-0.3, -0.25) is 0 Å². The Morgan fingerprint density at radius 1 is 1.56 bits per heavy atom. The first-order valence-corrected chi connectivity index (χ1v) is 3.30. The summed E-state index contributed by atoms with van der Waals surface area (Å²) in [6, 6.07) is 0. The second-order valence-electron chi connectivity index (χ2n) is 2.58. The number of rotatable bonds is 3. The number of hydrogen-bond acceptors (Lipinski definition) is 2. The fraction of sp³-hybridized carbons (Fsp3) is 0.857. The van der Waals surface area contributed by atoms with Crippen LogP contribution in [0.5, 0.6) is 0 Å². The van der Waals surface area contributed by atoms with Crippen molar-refractivity contribution in [1.29, 1.82) is 0 Å². The number of carboxylic acids is 1. The molecule has 9 heavy (non-hydrogen) atoms. The van der Waals surface area contributed by atoms with Crippen molar-refractivity contribution in [2.24, 2.45) is 11.8 Å². The van der Waals surface area contributed by atoms with Crippen molar-refractivity contribution in [2.75, 3.05) is 0 Å². The first kappa shape index (κ1) is 8.47. The summed E-state index contributed by atoms with van der Waals surface area (Å²) < 4.78 is 0. The quantitative estimate of drug-likeness (QED) is 0.554. The zero-order chi connectivity index (χ0) is 7.44. The van der Waals surface area contributed by atoms with E-state index in [-0.39, 0.29) is 11.8 Å². The smallest absolute Gasteiger partial charge is 0.0447 e. The molecule has 0 spiro atoms. The highest BCUT2D eigenvalue weighted by atomic mass is 16.4. The third-order valence-electron chi connectivity index (χ3n) is 1.55. The van der Waals surface area contributed by atoms with Crippen LogP contribution < -0.4 is 5.11 Å². The van der Waals surface area contributed by atoms with E-state index < -0.39 is 5.97 Å². The van der Waals surface area contributed by atoms with Crippen LogP contribution in [0.3, 0.4) is 0 Å². The minimum atomic E-state index is -0.924. The molecule has 1 unspecified atom stereocenters. The molecule has 0 amide bonds. The summed E-state index contributed by atoms with van der Waals surface area (Å²) in [5, 5.41) is 10.3. The summed E-state index contributed by atoms with van der Waals surface area (Å²) in [6.07, 6.45) is 0.667. The Kier molecular flexibility index (Phi) is 3.28. The third kappa shape index (κ3) is 2.49. The van der Waals surface area contributed by atoms with Crippen molar-refractivity contribution >= 4 is 5.97 Å². The summed E-state index contributed by atoms with van der Waals surface area (Å²) in [7, 11) is 0. The van der Waals surface area contributed by atoms with Crippen molar-refractivity contribution in [3.05, 3.63) is 0 Å². The van der Waals surface area contributed by atoms with Crippen molar-refractivity contribution in [3.63, 3.8) is 0 Å². The first-order chi connectivity index (χ1) is 4.09. The zero-order valence-electron chi connectivity index (χ0n) is 6.18. The Labute approximate surface area is 55.9 Å². The van der Waals surface area contributed by atoms with E-state index in [0.29, 0.717) is 6.42 Å². The second kappa shape index (κ2) is 3.49. The van der Waals surface area contributed by atoms with Crippen LogP contribution in [-0.2, 0) is 4.79 Å². The van der Waals surface area contributed by atoms with E-state index in [2.05, 4.69) is 0 Å². The predicted octanol–water partition coefficient (Wildman–Crippen LogP) is 0.418. The molecule has 0 heterocycles. The maximum Gasteiger partial charge on any atom is 0.0447 e. The molecule has 1 atom stereocenters. The molecular formula is C7H13O2-. The zero-order valence-corrected chi connectivity index (χ0v) is 6.18. The van der Waals surface area contributed by atoms with Crippen molar-refractivity contribution in [1.82, 2.24) is 0 Å². The number of hydrogen-bond donors (Lipinski definition) is 0. The van der Waals surface area contributed by atoms with Crippen LogP contribution in [0.1, 0.15) is 27.2 Å². The van der Waals surface area contributed by atoms with E-state index in [1.165, 1.54) is 0 Å². The van der Waals surface area contributed by atoms with Crippen LogP contribution in [0, 0.1) is 11.8 Å². The fourth-order valence-corrected chi connectivity index (χ4v) is 0.910. The summed E-state index contributed by atoms with van der Waals surface area (Å²) in [4.78, 5) is 10.3. The van der Waals surface area contributed by atoms with E-state index in [0.717, 1.165) is 0 Å². The van der Waals surface area contributed by atoms with Gasteiger partial charge in [0.05, 0.1) is 0 Å². The molecule has 0 radical (unpaired) electrons. The highest BCUT2D eigenvalue weighted by molar-refractivity contribution is 5.67. The Bertz CT molecular complexity index is 97.1. The largest absolute Gasteiger partial charge is 0.550 e. The van der Waals surface area contributed by atoms with Crippen LogP contribution in [0.2, 0.25) is 0 Å². The Morgan fingerprint density at radius 3 is 2.00 bits per heavy atom. The average molecular weight is 129 g/mol. The van der Waals surface area contributed by atoms with E-state index in [4.69, 9.17) is 0 Å². The highest BCUT2D eigenvalue weighted by Crippen LogP contribution is 2.12. The summed E-state index contributed by atoms with van der Waals surface area (Å²) in [5.74, 6) is -1.00. The Balaban J connectivity index is 3.83. The standard InChI is InChI=1S/C7H14O2/c1-4-6(5(2)3)7(8)9/h5-6H,4H2,1-3H3,(H,8,9)/p-1. The van der Waals surface area contributed by atoms with Gasteiger partial charge >= 0.3 is 0 Å². The van der Waals surface area contributed by atoms with Crippen LogP contribution >= 0.6 is 0 Å².